The zero-order chi connectivity index (χ0) is 16.4. The maximum atomic E-state index is 13.1. The molecule has 0 radical (unpaired) electrons. The fraction of sp³-hybridized carbons (Fsp3) is 0.412. The fourth-order valence-electron chi connectivity index (χ4n) is 3.26. The predicted octanol–water partition coefficient (Wildman–Crippen LogP) is 2.55. The summed E-state index contributed by atoms with van der Waals surface area (Å²) >= 11 is 0. The van der Waals surface area contributed by atoms with Gasteiger partial charge in [0.15, 0.2) is 0 Å². The summed E-state index contributed by atoms with van der Waals surface area (Å²) in [5, 5.41) is 13.6. The number of rotatable bonds is 4. The molecule has 1 N–H and O–H groups in total. The van der Waals surface area contributed by atoms with E-state index in [2.05, 4.69) is 16.9 Å². The Kier molecular flexibility index (Phi) is 4.43. The molecule has 3 rings (SSSR count). The minimum absolute atomic E-state index is 0.281. The minimum Gasteiger partial charge on any atom is -0.481 e. The summed E-state index contributed by atoms with van der Waals surface area (Å²) in [5.74, 6) is -0.974. The molecule has 2 unspecified atom stereocenters. The van der Waals surface area contributed by atoms with Gasteiger partial charge in [0, 0.05) is 25.8 Å². The predicted molar refractivity (Wildman–Crippen MR) is 83.7 cm³/mol. The molecular formula is C17H20FN3O2. The van der Waals surface area contributed by atoms with Crippen molar-refractivity contribution in [3.63, 3.8) is 0 Å². The van der Waals surface area contributed by atoms with E-state index in [0.29, 0.717) is 19.0 Å². The second-order valence-corrected chi connectivity index (χ2v) is 6.28. The Hall–Kier alpha value is -2.21. The number of hydrogen-bond acceptors (Lipinski definition) is 3. The Morgan fingerprint density at radius 2 is 2.04 bits per heavy atom. The first kappa shape index (κ1) is 15.7. The van der Waals surface area contributed by atoms with Crippen LogP contribution in [0.3, 0.4) is 0 Å². The lowest BCUT2D eigenvalue weighted by atomic mass is 9.90. The smallest absolute Gasteiger partial charge is 0.307 e. The van der Waals surface area contributed by atoms with Crippen molar-refractivity contribution in [3.8, 4) is 5.69 Å². The molecule has 1 aromatic heterocycles. The molecule has 2 aromatic rings. The van der Waals surface area contributed by atoms with Crippen LogP contribution in [0.1, 0.15) is 19.0 Å². The topological polar surface area (TPSA) is 58.4 Å². The minimum atomic E-state index is -0.728. The number of carboxylic acid groups (broad SMARTS) is 1. The Bertz CT molecular complexity index is 683. The number of carboxylic acids is 1. The molecule has 1 aromatic carbocycles. The highest BCUT2D eigenvalue weighted by Crippen LogP contribution is 2.24. The zero-order valence-corrected chi connectivity index (χ0v) is 13.0. The number of aliphatic carboxylic acids is 1. The maximum Gasteiger partial charge on any atom is 0.307 e. The first-order valence-electron chi connectivity index (χ1n) is 7.77. The Balaban J connectivity index is 1.77. The molecule has 23 heavy (non-hydrogen) atoms. The molecule has 122 valence electrons. The molecule has 1 aliphatic rings. The third-order valence-electron chi connectivity index (χ3n) is 4.26. The van der Waals surface area contributed by atoms with Gasteiger partial charge in [-0.25, -0.2) is 9.07 Å². The van der Waals surface area contributed by atoms with Crippen molar-refractivity contribution in [1.29, 1.82) is 0 Å². The van der Waals surface area contributed by atoms with Gasteiger partial charge < -0.3 is 5.11 Å². The van der Waals surface area contributed by atoms with Gasteiger partial charge in [-0.05, 0) is 42.7 Å². The van der Waals surface area contributed by atoms with Gasteiger partial charge in [0.1, 0.15) is 5.82 Å². The van der Waals surface area contributed by atoms with Crippen LogP contribution >= 0.6 is 0 Å². The monoisotopic (exact) mass is 317 g/mol. The molecule has 0 bridgehead atoms. The van der Waals surface area contributed by atoms with Gasteiger partial charge in [0.25, 0.3) is 0 Å². The molecule has 0 spiro atoms. The first-order valence-corrected chi connectivity index (χ1v) is 7.77. The second-order valence-electron chi connectivity index (χ2n) is 6.28. The van der Waals surface area contributed by atoms with E-state index in [0.717, 1.165) is 24.3 Å². The lowest BCUT2D eigenvalue weighted by molar-refractivity contribution is -0.144. The van der Waals surface area contributed by atoms with Crippen LogP contribution in [0.2, 0.25) is 0 Å². The van der Waals surface area contributed by atoms with Gasteiger partial charge in [0.2, 0.25) is 0 Å². The molecular weight excluding hydrogens is 297 g/mol. The number of likely N-dealkylation sites (tertiary alicyclic amines) is 1. The van der Waals surface area contributed by atoms with Gasteiger partial charge in [-0.1, -0.05) is 6.92 Å². The van der Waals surface area contributed by atoms with Gasteiger partial charge in [-0.15, -0.1) is 0 Å². The molecule has 6 heteroatoms. The van der Waals surface area contributed by atoms with E-state index in [1.54, 1.807) is 23.0 Å². The number of benzene rings is 1. The van der Waals surface area contributed by atoms with E-state index < -0.39 is 5.97 Å². The molecule has 2 atom stereocenters. The van der Waals surface area contributed by atoms with Crippen LogP contribution in [0.5, 0.6) is 0 Å². The zero-order valence-electron chi connectivity index (χ0n) is 13.0. The molecule has 5 nitrogen and oxygen atoms in total. The molecule has 0 amide bonds. The summed E-state index contributed by atoms with van der Waals surface area (Å²) in [6, 6.07) is 8.10. The van der Waals surface area contributed by atoms with E-state index in [9.17, 15) is 14.3 Å². The lowest BCUT2D eigenvalue weighted by Crippen LogP contribution is -2.42. The number of nitrogens with zero attached hydrogens (tertiary/aromatic N) is 3. The molecule has 0 saturated carbocycles. The molecule has 2 heterocycles. The third-order valence-corrected chi connectivity index (χ3v) is 4.26. The van der Waals surface area contributed by atoms with Crippen molar-refractivity contribution >= 4 is 5.97 Å². The van der Waals surface area contributed by atoms with E-state index in [1.165, 1.54) is 12.1 Å². The van der Waals surface area contributed by atoms with Gasteiger partial charge in [-0.2, -0.15) is 5.10 Å². The van der Waals surface area contributed by atoms with Crippen molar-refractivity contribution in [3.05, 3.63) is 48.0 Å². The number of hydrogen-bond donors (Lipinski definition) is 1. The molecule has 0 aliphatic carbocycles. The van der Waals surface area contributed by atoms with Crippen molar-refractivity contribution in [2.75, 3.05) is 13.1 Å². The summed E-state index contributed by atoms with van der Waals surface area (Å²) in [6.07, 6.45) is 2.43. The van der Waals surface area contributed by atoms with Crippen molar-refractivity contribution < 1.29 is 14.3 Å². The Labute approximate surface area is 134 Å². The first-order chi connectivity index (χ1) is 11.0. The van der Waals surface area contributed by atoms with E-state index in [4.69, 9.17) is 0 Å². The van der Waals surface area contributed by atoms with Gasteiger partial charge >= 0.3 is 5.97 Å². The molecule has 1 fully saturated rings. The molecule has 1 aliphatic heterocycles. The summed E-state index contributed by atoms with van der Waals surface area (Å²) < 4.78 is 14.8. The number of piperidine rings is 1. The van der Waals surface area contributed by atoms with Crippen molar-refractivity contribution in [1.82, 2.24) is 14.7 Å². The lowest BCUT2D eigenvalue weighted by Gasteiger charge is -2.34. The summed E-state index contributed by atoms with van der Waals surface area (Å²) in [7, 11) is 0. The van der Waals surface area contributed by atoms with Crippen molar-refractivity contribution in [2.45, 2.75) is 19.9 Å². The highest BCUT2D eigenvalue weighted by molar-refractivity contribution is 5.70. The van der Waals surface area contributed by atoms with E-state index >= 15 is 0 Å². The largest absolute Gasteiger partial charge is 0.481 e. The van der Waals surface area contributed by atoms with Crippen molar-refractivity contribution in [2.24, 2.45) is 11.8 Å². The van der Waals surface area contributed by atoms with E-state index in [1.807, 2.05) is 6.07 Å². The summed E-state index contributed by atoms with van der Waals surface area (Å²) in [5.41, 5.74) is 1.76. The second kappa shape index (κ2) is 6.50. The average molecular weight is 317 g/mol. The average Bonchev–Trinajstić information content (AvgIpc) is 2.95. The normalized spacial score (nSPS) is 22.2. The Morgan fingerprint density at radius 3 is 2.74 bits per heavy atom. The SMILES string of the molecule is CC1CC(C(=O)O)CN(Cc2ccnn2-c2ccc(F)cc2)C1. The highest BCUT2D eigenvalue weighted by Gasteiger charge is 2.29. The van der Waals surface area contributed by atoms with E-state index in [-0.39, 0.29) is 11.7 Å². The van der Waals surface area contributed by atoms with Crippen LogP contribution in [0.4, 0.5) is 4.39 Å². The van der Waals surface area contributed by atoms with Gasteiger partial charge in [-0.3, -0.25) is 9.69 Å². The number of carbonyl (C=O) groups is 1. The fourth-order valence-corrected chi connectivity index (χ4v) is 3.26. The summed E-state index contributed by atoms with van der Waals surface area (Å²) in [6.45, 7) is 4.14. The van der Waals surface area contributed by atoms with Gasteiger partial charge in [0.05, 0.1) is 17.3 Å². The van der Waals surface area contributed by atoms with Crippen LogP contribution in [-0.2, 0) is 11.3 Å². The van der Waals surface area contributed by atoms with Crippen LogP contribution < -0.4 is 0 Å². The maximum absolute atomic E-state index is 13.1. The standard InChI is InChI=1S/C17H20FN3O2/c1-12-8-13(17(22)23)10-20(9-12)11-16-6-7-19-21(16)15-4-2-14(18)3-5-15/h2-7,12-13H,8-11H2,1H3,(H,22,23). The summed E-state index contributed by atoms with van der Waals surface area (Å²) in [4.78, 5) is 13.4. The van der Waals surface area contributed by atoms with Crippen LogP contribution in [0.15, 0.2) is 36.5 Å². The highest BCUT2D eigenvalue weighted by atomic mass is 19.1. The number of halogens is 1. The Morgan fingerprint density at radius 1 is 1.30 bits per heavy atom. The molecule has 1 saturated heterocycles. The van der Waals surface area contributed by atoms with Crippen LogP contribution in [0.25, 0.3) is 5.69 Å². The van der Waals surface area contributed by atoms with Crippen LogP contribution in [0, 0.1) is 17.7 Å². The number of aromatic nitrogens is 2. The third kappa shape index (κ3) is 3.59. The quantitative estimate of drug-likeness (QED) is 0.941. The van der Waals surface area contributed by atoms with Crippen LogP contribution in [-0.4, -0.2) is 38.8 Å².